The van der Waals surface area contributed by atoms with Gasteiger partial charge < -0.3 is 10.0 Å². The first-order valence-electron chi connectivity index (χ1n) is 6.81. The predicted octanol–water partition coefficient (Wildman–Crippen LogP) is 1.48. The fourth-order valence-corrected chi connectivity index (χ4v) is 2.58. The van der Waals surface area contributed by atoms with Crippen LogP contribution in [0.1, 0.15) is 49.2 Å². The van der Waals surface area contributed by atoms with Crippen molar-refractivity contribution in [2.24, 2.45) is 12.5 Å². The summed E-state index contributed by atoms with van der Waals surface area (Å²) in [6, 6.07) is 0. The molecule has 1 aromatic heterocycles. The van der Waals surface area contributed by atoms with Gasteiger partial charge in [0.05, 0.1) is 16.7 Å². The molecule has 6 nitrogen and oxygen atoms in total. The molecule has 1 aliphatic rings. The molecule has 1 aliphatic heterocycles. The average molecular weight is 279 g/mol. The van der Waals surface area contributed by atoms with Gasteiger partial charge in [0.15, 0.2) is 0 Å². The number of carboxylic acid groups (broad SMARTS) is 1. The summed E-state index contributed by atoms with van der Waals surface area (Å²) in [7, 11) is 1.79. The molecule has 0 radical (unpaired) electrons. The van der Waals surface area contributed by atoms with E-state index < -0.39 is 11.4 Å². The molecule has 2 rings (SSSR count). The molecule has 20 heavy (non-hydrogen) atoms. The van der Waals surface area contributed by atoms with Crippen LogP contribution in [0.4, 0.5) is 0 Å². The van der Waals surface area contributed by atoms with Crippen LogP contribution in [0.5, 0.6) is 0 Å². The number of carbonyl (C=O) groups excluding carboxylic acids is 1. The van der Waals surface area contributed by atoms with Gasteiger partial charge in [0.2, 0.25) is 0 Å². The molecule has 110 valence electrons. The van der Waals surface area contributed by atoms with Crippen LogP contribution >= 0.6 is 0 Å². The molecule has 0 aliphatic carbocycles. The summed E-state index contributed by atoms with van der Waals surface area (Å²) in [5.41, 5.74) is 0.508. The molecule has 6 heteroatoms. The maximum Gasteiger partial charge on any atom is 0.311 e. The van der Waals surface area contributed by atoms with Crippen LogP contribution in [0.15, 0.2) is 6.20 Å². The monoisotopic (exact) mass is 279 g/mol. The van der Waals surface area contributed by atoms with E-state index in [4.69, 9.17) is 0 Å². The van der Waals surface area contributed by atoms with Crippen molar-refractivity contribution >= 4 is 11.9 Å². The predicted molar refractivity (Wildman–Crippen MR) is 73.6 cm³/mol. The van der Waals surface area contributed by atoms with Crippen molar-refractivity contribution in [2.75, 3.05) is 13.1 Å². The van der Waals surface area contributed by atoms with E-state index in [9.17, 15) is 14.7 Å². The van der Waals surface area contributed by atoms with Crippen LogP contribution < -0.4 is 0 Å². The molecular formula is C14H21N3O3. The number of aryl methyl sites for hydroxylation is 1. The highest BCUT2D eigenvalue weighted by molar-refractivity contribution is 5.96. The third-order valence-corrected chi connectivity index (χ3v) is 3.91. The van der Waals surface area contributed by atoms with Gasteiger partial charge in [-0.05, 0) is 19.3 Å². The Balaban J connectivity index is 2.24. The Kier molecular flexibility index (Phi) is 3.58. The van der Waals surface area contributed by atoms with Crippen molar-refractivity contribution in [1.82, 2.24) is 14.7 Å². The van der Waals surface area contributed by atoms with Crippen LogP contribution in [-0.2, 0) is 11.8 Å². The van der Waals surface area contributed by atoms with E-state index in [2.05, 4.69) is 5.10 Å². The highest BCUT2D eigenvalue weighted by atomic mass is 16.4. The van der Waals surface area contributed by atoms with E-state index in [1.807, 2.05) is 13.8 Å². The summed E-state index contributed by atoms with van der Waals surface area (Å²) in [5.74, 6) is -0.807. The number of hydrogen-bond acceptors (Lipinski definition) is 3. The molecule has 1 aromatic rings. The van der Waals surface area contributed by atoms with Gasteiger partial charge >= 0.3 is 5.97 Å². The molecule has 1 fully saturated rings. The van der Waals surface area contributed by atoms with Crippen molar-refractivity contribution < 1.29 is 14.7 Å². The smallest absolute Gasteiger partial charge is 0.311 e. The molecule has 1 N–H and O–H groups in total. The van der Waals surface area contributed by atoms with Crippen molar-refractivity contribution in [1.29, 1.82) is 0 Å². The van der Waals surface area contributed by atoms with E-state index >= 15 is 0 Å². The number of aromatic nitrogens is 2. The zero-order valence-electron chi connectivity index (χ0n) is 12.4. The standard InChI is InChI=1S/C14H21N3O3/c1-9(2)11-10(7-16(4)15-11)12(18)17-6-5-14(3,8-17)13(19)20/h7,9H,5-6,8H2,1-4H3,(H,19,20). The average Bonchev–Trinajstić information content (AvgIpc) is 2.93. The van der Waals surface area contributed by atoms with Gasteiger partial charge in [-0.25, -0.2) is 0 Å². The lowest BCUT2D eigenvalue weighted by Crippen LogP contribution is -2.35. The van der Waals surface area contributed by atoms with E-state index in [1.54, 1.807) is 29.7 Å². The van der Waals surface area contributed by atoms with Crippen LogP contribution in [-0.4, -0.2) is 44.8 Å². The molecule has 0 spiro atoms. The van der Waals surface area contributed by atoms with Crippen molar-refractivity contribution in [3.8, 4) is 0 Å². The SMILES string of the molecule is CC(C)c1nn(C)cc1C(=O)N1CCC(C)(C(=O)O)C1. The van der Waals surface area contributed by atoms with Crippen molar-refractivity contribution in [3.63, 3.8) is 0 Å². The van der Waals surface area contributed by atoms with Gasteiger partial charge in [-0.3, -0.25) is 14.3 Å². The zero-order chi connectivity index (χ0) is 15.1. The number of hydrogen-bond donors (Lipinski definition) is 1. The van der Waals surface area contributed by atoms with Gasteiger partial charge in [-0.1, -0.05) is 13.8 Å². The third kappa shape index (κ3) is 2.42. The fourth-order valence-electron chi connectivity index (χ4n) is 2.58. The number of carboxylic acids is 1. The van der Waals surface area contributed by atoms with Crippen LogP contribution in [0.3, 0.4) is 0 Å². The molecule has 1 saturated heterocycles. The van der Waals surface area contributed by atoms with Crippen molar-refractivity contribution in [2.45, 2.75) is 33.1 Å². The van der Waals surface area contributed by atoms with Gasteiger partial charge in [0.25, 0.3) is 5.91 Å². The maximum atomic E-state index is 12.6. The lowest BCUT2D eigenvalue weighted by molar-refractivity contribution is -0.147. The van der Waals surface area contributed by atoms with Gasteiger partial charge in [0.1, 0.15) is 0 Å². The maximum absolute atomic E-state index is 12.6. The molecule has 0 bridgehead atoms. The summed E-state index contributed by atoms with van der Waals surface area (Å²) in [6.07, 6.45) is 2.21. The Hall–Kier alpha value is -1.85. The lowest BCUT2D eigenvalue weighted by atomic mass is 9.90. The van der Waals surface area contributed by atoms with Crippen molar-refractivity contribution in [3.05, 3.63) is 17.5 Å². The number of aliphatic carboxylic acids is 1. The lowest BCUT2D eigenvalue weighted by Gasteiger charge is -2.20. The van der Waals surface area contributed by atoms with Gasteiger partial charge in [0, 0.05) is 26.3 Å². The topological polar surface area (TPSA) is 75.4 Å². The van der Waals surface area contributed by atoms with Gasteiger partial charge in [-0.2, -0.15) is 5.10 Å². The van der Waals surface area contributed by atoms with E-state index in [1.165, 1.54) is 0 Å². The Bertz CT molecular complexity index is 550. The minimum Gasteiger partial charge on any atom is -0.481 e. The number of nitrogens with zero attached hydrogens (tertiary/aromatic N) is 3. The van der Waals surface area contributed by atoms with Crippen LogP contribution in [0.2, 0.25) is 0 Å². The highest BCUT2D eigenvalue weighted by Gasteiger charge is 2.42. The van der Waals surface area contributed by atoms with E-state index in [0.717, 1.165) is 5.69 Å². The number of likely N-dealkylation sites (tertiary alicyclic amines) is 1. The zero-order valence-corrected chi connectivity index (χ0v) is 12.4. The first-order valence-corrected chi connectivity index (χ1v) is 6.81. The van der Waals surface area contributed by atoms with Gasteiger partial charge in [-0.15, -0.1) is 0 Å². The summed E-state index contributed by atoms with van der Waals surface area (Å²) in [5, 5.41) is 13.6. The normalized spacial score (nSPS) is 22.6. The summed E-state index contributed by atoms with van der Waals surface area (Å²) < 4.78 is 1.63. The third-order valence-electron chi connectivity index (χ3n) is 3.91. The fraction of sp³-hybridized carbons (Fsp3) is 0.643. The molecule has 0 aromatic carbocycles. The second kappa shape index (κ2) is 4.92. The first kappa shape index (κ1) is 14.6. The molecule has 1 amide bonds. The molecule has 2 heterocycles. The largest absolute Gasteiger partial charge is 0.481 e. The quantitative estimate of drug-likeness (QED) is 0.909. The van der Waals surface area contributed by atoms with Crippen LogP contribution in [0, 0.1) is 5.41 Å². The Labute approximate surface area is 118 Å². The molecule has 1 atom stereocenters. The Morgan fingerprint density at radius 1 is 1.45 bits per heavy atom. The van der Waals surface area contributed by atoms with Crippen LogP contribution in [0.25, 0.3) is 0 Å². The number of rotatable bonds is 3. The van der Waals surface area contributed by atoms with E-state index in [-0.39, 0.29) is 18.4 Å². The first-order chi connectivity index (χ1) is 9.24. The number of amides is 1. The minimum absolute atomic E-state index is 0.119. The molecule has 0 saturated carbocycles. The number of carbonyl (C=O) groups is 2. The molecule has 1 unspecified atom stereocenters. The summed E-state index contributed by atoms with van der Waals surface area (Å²) in [6.45, 7) is 6.41. The molecular weight excluding hydrogens is 258 g/mol. The highest BCUT2D eigenvalue weighted by Crippen LogP contribution is 2.31. The Morgan fingerprint density at radius 2 is 2.10 bits per heavy atom. The minimum atomic E-state index is -0.844. The summed E-state index contributed by atoms with van der Waals surface area (Å²) in [4.78, 5) is 25.5. The Morgan fingerprint density at radius 3 is 2.60 bits per heavy atom. The second-order valence-corrected chi connectivity index (χ2v) is 6.10. The van der Waals surface area contributed by atoms with E-state index in [0.29, 0.717) is 18.5 Å². The second-order valence-electron chi connectivity index (χ2n) is 6.10. The summed E-state index contributed by atoms with van der Waals surface area (Å²) >= 11 is 0.